The smallest absolute Gasteiger partial charge is 0.310 e. The topological polar surface area (TPSA) is 107 Å². The van der Waals surface area contributed by atoms with Crippen molar-refractivity contribution in [1.82, 2.24) is 15.3 Å². The molecule has 0 radical (unpaired) electrons. The predicted octanol–water partition coefficient (Wildman–Crippen LogP) is 2.81. The highest BCUT2D eigenvalue weighted by Gasteiger charge is 2.15. The van der Waals surface area contributed by atoms with Crippen LogP contribution in [0, 0.1) is 10.1 Å². The number of ether oxygens (including phenoxy) is 1. The Morgan fingerprint density at radius 3 is 2.81 bits per heavy atom. The minimum Gasteiger partial charge on any atom is -0.477 e. The fourth-order valence-corrected chi connectivity index (χ4v) is 2.90. The molecule has 1 aromatic carbocycles. The summed E-state index contributed by atoms with van der Waals surface area (Å²) >= 11 is 1.44. The van der Waals surface area contributed by atoms with E-state index in [-0.39, 0.29) is 24.6 Å². The number of aromatic nitrogens is 2. The van der Waals surface area contributed by atoms with E-state index in [4.69, 9.17) is 4.74 Å². The number of carbonyl (C=O) groups excluding carboxylic acids is 1. The van der Waals surface area contributed by atoms with Crippen LogP contribution in [0.1, 0.15) is 5.69 Å². The molecule has 1 N–H and O–H groups in total. The van der Waals surface area contributed by atoms with Crippen LogP contribution in [0.4, 0.5) is 5.69 Å². The summed E-state index contributed by atoms with van der Waals surface area (Å²) in [6.45, 7) is -0.0789. The largest absolute Gasteiger partial charge is 0.477 e. The number of nitrogens with zero attached hydrogens (tertiary/aromatic N) is 3. The molecule has 0 unspecified atom stereocenters. The van der Waals surface area contributed by atoms with Gasteiger partial charge in [0.05, 0.1) is 22.9 Å². The second kappa shape index (κ2) is 8.17. The van der Waals surface area contributed by atoms with Gasteiger partial charge in [-0.2, -0.15) is 0 Å². The van der Waals surface area contributed by atoms with E-state index in [2.05, 4.69) is 15.3 Å². The maximum Gasteiger partial charge on any atom is 0.310 e. The van der Waals surface area contributed by atoms with Crippen LogP contribution < -0.4 is 10.1 Å². The number of amides is 1. The standard InChI is InChI=1S/C17H14N4O4S/c22-16(10-25-15-7-2-1-6-14(15)21(23)24)19-9-12-11-26-17(20-12)13-5-3-4-8-18-13/h1-8,11H,9-10H2,(H,19,22). The molecule has 0 aliphatic rings. The summed E-state index contributed by atoms with van der Waals surface area (Å²) < 4.78 is 5.24. The summed E-state index contributed by atoms with van der Waals surface area (Å²) in [5.74, 6) is -0.339. The molecule has 0 saturated carbocycles. The quantitative estimate of drug-likeness (QED) is 0.506. The number of carbonyl (C=O) groups is 1. The molecule has 0 bridgehead atoms. The van der Waals surface area contributed by atoms with Crippen LogP contribution in [0.2, 0.25) is 0 Å². The Hall–Kier alpha value is -3.33. The van der Waals surface area contributed by atoms with Crippen molar-refractivity contribution in [2.45, 2.75) is 6.54 Å². The number of pyridine rings is 1. The second-order valence-electron chi connectivity index (χ2n) is 5.15. The van der Waals surface area contributed by atoms with E-state index in [1.165, 1.54) is 29.5 Å². The van der Waals surface area contributed by atoms with Gasteiger partial charge in [-0.05, 0) is 18.2 Å². The van der Waals surface area contributed by atoms with E-state index in [1.54, 1.807) is 12.3 Å². The van der Waals surface area contributed by atoms with Gasteiger partial charge in [0.15, 0.2) is 12.4 Å². The molecule has 132 valence electrons. The van der Waals surface area contributed by atoms with E-state index < -0.39 is 10.8 Å². The number of nitro groups is 1. The molecule has 9 heteroatoms. The van der Waals surface area contributed by atoms with Crippen molar-refractivity contribution < 1.29 is 14.5 Å². The summed E-state index contributed by atoms with van der Waals surface area (Å²) in [7, 11) is 0. The molecular formula is C17H14N4O4S. The number of rotatable bonds is 7. The first-order chi connectivity index (χ1) is 12.6. The van der Waals surface area contributed by atoms with Gasteiger partial charge in [0.2, 0.25) is 0 Å². The Labute approximate surface area is 152 Å². The first-order valence-electron chi connectivity index (χ1n) is 7.62. The highest BCUT2D eigenvalue weighted by Crippen LogP contribution is 2.25. The van der Waals surface area contributed by atoms with Crippen LogP contribution in [0.15, 0.2) is 54.0 Å². The zero-order chi connectivity index (χ0) is 18.4. The molecule has 0 spiro atoms. The molecule has 3 rings (SSSR count). The summed E-state index contributed by atoms with van der Waals surface area (Å²) in [6, 6.07) is 11.5. The highest BCUT2D eigenvalue weighted by atomic mass is 32.1. The van der Waals surface area contributed by atoms with Crippen molar-refractivity contribution in [3.05, 3.63) is 69.8 Å². The first kappa shape index (κ1) is 17.5. The number of hydrogen-bond acceptors (Lipinski definition) is 7. The van der Waals surface area contributed by atoms with Crippen LogP contribution >= 0.6 is 11.3 Å². The van der Waals surface area contributed by atoms with Crippen LogP contribution in [-0.4, -0.2) is 27.4 Å². The Morgan fingerprint density at radius 2 is 2.04 bits per heavy atom. The Balaban J connectivity index is 1.52. The third kappa shape index (κ3) is 4.39. The molecule has 3 aromatic rings. The monoisotopic (exact) mass is 370 g/mol. The van der Waals surface area contributed by atoms with Crippen molar-refractivity contribution in [3.8, 4) is 16.5 Å². The summed E-state index contributed by atoms with van der Waals surface area (Å²) in [4.78, 5) is 30.9. The third-order valence-electron chi connectivity index (χ3n) is 3.32. The number of nitro benzene ring substituents is 1. The third-order valence-corrected chi connectivity index (χ3v) is 4.24. The van der Waals surface area contributed by atoms with Crippen LogP contribution in [0.5, 0.6) is 5.75 Å². The average molecular weight is 370 g/mol. The van der Waals surface area contributed by atoms with Gasteiger partial charge in [-0.15, -0.1) is 11.3 Å². The molecule has 2 aromatic heterocycles. The summed E-state index contributed by atoms with van der Waals surface area (Å²) in [6.07, 6.45) is 1.69. The van der Waals surface area contributed by atoms with E-state index >= 15 is 0 Å². The van der Waals surface area contributed by atoms with Gasteiger partial charge in [0, 0.05) is 17.6 Å². The lowest BCUT2D eigenvalue weighted by Gasteiger charge is -2.06. The predicted molar refractivity (Wildman–Crippen MR) is 95.8 cm³/mol. The van der Waals surface area contributed by atoms with Gasteiger partial charge >= 0.3 is 5.69 Å². The van der Waals surface area contributed by atoms with Gasteiger partial charge in [0.25, 0.3) is 5.91 Å². The minimum absolute atomic E-state index is 0.0544. The molecule has 8 nitrogen and oxygen atoms in total. The lowest BCUT2D eigenvalue weighted by Crippen LogP contribution is -2.28. The molecule has 2 heterocycles. The minimum atomic E-state index is -0.554. The van der Waals surface area contributed by atoms with Crippen molar-refractivity contribution in [3.63, 3.8) is 0 Å². The zero-order valence-corrected chi connectivity index (χ0v) is 14.3. The fourth-order valence-electron chi connectivity index (χ4n) is 2.11. The van der Waals surface area contributed by atoms with E-state index in [9.17, 15) is 14.9 Å². The van der Waals surface area contributed by atoms with Crippen LogP contribution in [0.3, 0.4) is 0 Å². The molecule has 1 amide bonds. The molecule has 0 aliphatic heterocycles. The van der Waals surface area contributed by atoms with Crippen molar-refractivity contribution in [2.24, 2.45) is 0 Å². The fraction of sp³-hybridized carbons (Fsp3) is 0.118. The maximum absolute atomic E-state index is 11.9. The normalized spacial score (nSPS) is 10.3. The van der Waals surface area contributed by atoms with Gasteiger partial charge in [0.1, 0.15) is 5.01 Å². The number of para-hydroxylation sites is 2. The molecule has 0 saturated heterocycles. The SMILES string of the molecule is O=C(COc1ccccc1[N+](=O)[O-])NCc1csc(-c2ccccn2)n1. The van der Waals surface area contributed by atoms with E-state index in [1.807, 2.05) is 23.6 Å². The number of nitrogens with one attached hydrogen (secondary N) is 1. The second-order valence-corrected chi connectivity index (χ2v) is 6.01. The number of benzene rings is 1. The van der Waals surface area contributed by atoms with Gasteiger partial charge in [-0.1, -0.05) is 18.2 Å². The molecule has 0 atom stereocenters. The van der Waals surface area contributed by atoms with Crippen molar-refractivity contribution >= 4 is 22.9 Å². The first-order valence-corrected chi connectivity index (χ1v) is 8.50. The van der Waals surface area contributed by atoms with Gasteiger partial charge in [-0.25, -0.2) is 4.98 Å². The summed E-state index contributed by atoms with van der Waals surface area (Å²) in [5, 5.41) is 16.2. The maximum atomic E-state index is 11.9. The lowest BCUT2D eigenvalue weighted by molar-refractivity contribution is -0.385. The number of thiazole rings is 1. The van der Waals surface area contributed by atoms with E-state index in [0.717, 1.165) is 10.7 Å². The van der Waals surface area contributed by atoms with Crippen molar-refractivity contribution in [2.75, 3.05) is 6.61 Å². The summed E-state index contributed by atoms with van der Waals surface area (Å²) in [5.41, 5.74) is 1.30. The molecular weight excluding hydrogens is 356 g/mol. The zero-order valence-electron chi connectivity index (χ0n) is 13.5. The Bertz CT molecular complexity index is 914. The highest BCUT2D eigenvalue weighted by molar-refractivity contribution is 7.13. The average Bonchev–Trinajstić information content (AvgIpc) is 3.14. The molecule has 26 heavy (non-hydrogen) atoms. The molecule has 0 fully saturated rings. The molecule has 0 aliphatic carbocycles. The van der Waals surface area contributed by atoms with Gasteiger partial charge < -0.3 is 10.1 Å². The van der Waals surface area contributed by atoms with Crippen LogP contribution in [0.25, 0.3) is 10.7 Å². The Morgan fingerprint density at radius 1 is 1.23 bits per heavy atom. The lowest BCUT2D eigenvalue weighted by atomic mass is 10.3. The Kier molecular flexibility index (Phi) is 5.49. The number of hydrogen-bond donors (Lipinski definition) is 1. The van der Waals surface area contributed by atoms with E-state index in [0.29, 0.717) is 5.69 Å². The van der Waals surface area contributed by atoms with Crippen LogP contribution in [-0.2, 0) is 11.3 Å². The van der Waals surface area contributed by atoms with Gasteiger partial charge in [-0.3, -0.25) is 19.9 Å². The van der Waals surface area contributed by atoms with Crippen molar-refractivity contribution in [1.29, 1.82) is 0 Å².